The molecule has 12 aliphatic rings. The van der Waals surface area contributed by atoms with E-state index < -0.39 is 5.41 Å². The van der Waals surface area contributed by atoms with Crippen molar-refractivity contribution in [3.05, 3.63) is 115 Å². The Balaban J connectivity index is 1.18. The first-order valence-electron chi connectivity index (χ1n) is 19.7. The summed E-state index contributed by atoms with van der Waals surface area (Å²) in [4.78, 5) is 14.9. The summed E-state index contributed by atoms with van der Waals surface area (Å²) in [5, 5.41) is 15.2. The zero-order valence-electron chi connectivity index (χ0n) is 27.7. The summed E-state index contributed by atoms with van der Waals surface area (Å²) in [7, 11) is 1.66. The van der Waals surface area contributed by atoms with Gasteiger partial charge in [-0.25, -0.2) is 0 Å². The van der Waals surface area contributed by atoms with Gasteiger partial charge in [-0.15, -0.1) is 0 Å². The Labute approximate surface area is 287 Å². The van der Waals surface area contributed by atoms with Crippen LogP contribution in [0.2, 0.25) is 0 Å². The first-order chi connectivity index (χ1) is 24.7. The van der Waals surface area contributed by atoms with Gasteiger partial charge in [0.15, 0.2) is 0 Å². The molecule has 0 heterocycles. The van der Waals surface area contributed by atoms with E-state index in [1.165, 1.54) is 36.8 Å². The van der Waals surface area contributed by atoms with E-state index in [4.69, 9.17) is 4.74 Å². The number of methoxy groups -OCH3 is 1. The maximum absolute atomic E-state index is 14.9. The third-order valence-corrected chi connectivity index (χ3v) is 18.4. The van der Waals surface area contributed by atoms with Crippen LogP contribution in [-0.4, -0.2) is 13.1 Å². The van der Waals surface area contributed by atoms with Crippen molar-refractivity contribution in [2.75, 3.05) is 7.11 Å². The lowest BCUT2D eigenvalue weighted by atomic mass is 9.59. The largest absolute Gasteiger partial charge is 0.468 e. The van der Waals surface area contributed by atoms with Crippen molar-refractivity contribution in [2.24, 2.45) is 23.7 Å². The van der Waals surface area contributed by atoms with E-state index in [2.05, 4.69) is 48.6 Å². The highest BCUT2D eigenvalue weighted by Crippen LogP contribution is 2.87. The number of hydrogen-bond acceptors (Lipinski definition) is 2. The van der Waals surface area contributed by atoms with Gasteiger partial charge in [-0.3, -0.25) is 4.79 Å². The van der Waals surface area contributed by atoms with Crippen LogP contribution in [0.15, 0.2) is 54.1 Å². The molecule has 1 spiro atoms. The van der Waals surface area contributed by atoms with Crippen molar-refractivity contribution in [1.29, 1.82) is 0 Å². The number of ether oxygens (including phenoxy) is 1. The predicted molar refractivity (Wildman–Crippen MR) is 193 cm³/mol. The molecule has 11 unspecified atom stereocenters. The van der Waals surface area contributed by atoms with Crippen molar-refractivity contribution in [3.8, 4) is 0 Å². The molecule has 12 aliphatic carbocycles. The number of carbonyl (C=O) groups is 1. The average Bonchev–Trinajstić information content (AvgIpc) is 3.79. The molecule has 11 atom stereocenters. The van der Waals surface area contributed by atoms with Gasteiger partial charge in [0.05, 0.1) is 7.11 Å². The maximum Gasteiger partial charge on any atom is 0.317 e. The monoisotopic (exact) mass is 638 g/mol. The van der Waals surface area contributed by atoms with E-state index >= 15 is 0 Å². The first-order valence-corrected chi connectivity index (χ1v) is 19.7. The molecule has 0 bridgehead atoms. The number of fused-ring (bicyclic) bond motifs is 1. The van der Waals surface area contributed by atoms with Gasteiger partial charge in [-0.1, -0.05) is 54.1 Å². The Kier molecular flexibility index (Phi) is 2.83. The first kappa shape index (κ1) is 23.1. The zero-order valence-corrected chi connectivity index (χ0v) is 27.7. The summed E-state index contributed by atoms with van der Waals surface area (Å²) >= 11 is 0. The van der Waals surface area contributed by atoms with Crippen LogP contribution >= 0.6 is 0 Å². The Bertz CT molecular complexity index is 3140. The van der Waals surface area contributed by atoms with Gasteiger partial charge in [0.2, 0.25) is 0 Å². The molecule has 0 radical (unpaired) electrons. The van der Waals surface area contributed by atoms with E-state index in [0.717, 1.165) is 6.42 Å². The molecule has 0 N–H and O–H groups in total. The van der Waals surface area contributed by atoms with Gasteiger partial charge in [0.1, 0.15) is 5.41 Å². The highest BCUT2D eigenvalue weighted by Gasteiger charge is 2.87. The number of allylic oxidation sites excluding steroid dienone is 4. The van der Waals surface area contributed by atoms with Crippen molar-refractivity contribution in [3.63, 3.8) is 0 Å². The van der Waals surface area contributed by atoms with E-state index in [0.29, 0.717) is 47.3 Å². The van der Waals surface area contributed by atoms with Gasteiger partial charge < -0.3 is 4.74 Å². The van der Waals surface area contributed by atoms with E-state index in [-0.39, 0.29) is 17.3 Å². The summed E-state index contributed by atoms with van der Waals surface area (Å²) in [6, 6.07) is 13.7. The second-order valence-corrected chi connectivity index (χ2v) is 19.1. The van der Waals surface area contributed by atoms with Crippen LogP contribution in [0.5, 0.6) is 0 Å². The summed E-state index contributed by atoms with van der Waals surface area (Å²) in [6.07, 6.45) is 11.6. The maximum atomic E-state index is 14.9. The lowest BCUT2D eigenvalue weighted by Crippen LogP contribution is -2.31. The Morgan fingerprint density at radius 1 is 0.800 bits per heavy atom. The van der Waals surface area contributed by atoms with Crippen molar-refractivity contribution < 1.29 is 9.53 Å². The quantitative estimate of drug-likeness (QED) is 0.140. The molecule has 2 nitrogen and oxygen atoms in total. The van der Waals surface area contributed by atoms with Crippen molar-refractivity contribution in [1.82, 2.24) is 0 Å². The number of esters is 1. The lowest BCUT2D eigenvalue weighted by Gasteiger charge is -2.44. The number of hydrogen-bond donors (Lipinski definition) is 0. The minimum absolute atomic E-state index is 0.00468. The molecular formula is C48H30O2. The van der Waals surface area contributed by atoms with Gasteiger partial charge in [0, 0.05) is 35.0 Å². The van der Waals surface area contributed by atoms with Crippen LogP contribution in [0.25, 0.3) is 54.2 Å². The van der Waals surface area contributed by atoms with Crippen molar-refractivity contribution in [2.45, 2.75) is 72.5 Å². The highest BCUT2D eigenvalue weighted by molar-refractivity contribution is 6.39. The Morgan fingerprint density at radius 2 is 1.68 bits per heavy atom. The molecule has 2 heteroatoms. The molecule has 0 amide bonds. The molecule has 2 fully saturated rings. The van der Waals surface area contributed by atoms with E-state index in [1.807, 2.05) is 0 Å². The Hall–Kier alpha value is -4.43. The molecule has 0 aliphatic heterocycles. The molecule has 50 heavy (non-hydrogen) atoms. The fraction of sp³-hybridized carbons (Fsp3) is 0.354. The van der Waals surface area contributed by atoms with Crippen molar-refractivity contribution >= 4 is 60.2 Å². The standard InChI is InChI=1S/C48H30O2/c1-50-46(49)48(22-5-3-2-4-6-22)45-23-13-20-11-17-9-18-8-15-7-16-10-19-12-21-14-47(45,48)44-30(21)35-29(19)34-25(16)24(15)32-28(18)33-26(17)27(20)36-31(23)43(44)42-40(35)38(34)37(32)39(33)41(36)42/h2-6,8,10,13,17,19-21,25-26,29,34,45H,7,9,11-12,14H2,1H3. The summed E-state index contributed by atoms with van der Waals surface area (Å²) < 4.78 is 6.02. The molecule has 6 aromatic rings. The molecule has 234 valence electrons. The summed E-state index contributed by atoms with van der Waals surface area (Å²) in [5.41, 5.74) is 20.8. The average molecular weight is 639 g/mol. The van der Waals surface area contributed by atoms with E-state index in [9.17, 15) is 4.79 Å². The van der Waals surface area contributed by atoms with Gasteiger partial charge in [-0.05, 0) is 171 Å². The van der Waals surface area contributed by atoms with E-state index in [1.54, 1.807) is 117 Å². The second-order valence-electron chi connectivity index (χ2n) is 19.1. The third-order valence-electron chi connectivity index (χ3n) is 18.4. The highest BCUT2D eigenvalue weighted by atomic mass is 16.5. The molecule has 0 aromatic heterocycles. The molecular weight excluding hydrogens is 609 g/mol. The smallest absolute Gasteiger partial charge is 0.317 e. The minimum atomic E-state index is -0.663. The number of rotatable bonds is 2. The minimum Gasteiger partial charge on any atom is -0.468 e. The SMILES string of the molecule is COC(=O)C1(c2ccccc2)C2C3=CC4CC5Cc6cc7c8c9c6c6c%10c9c9c%11c%12c%13c(c%14c3c(c%10c%14%11)=C4C65)C21CC%13CC1C=C(C7)C8C9C%121. The van der Waals surface area contributed by atoms with Crippen LogP contribution < -0.4 is 5.22 Å². The number of carbonyl (C=O) groups excluding carboxylic acids is 1. The molecule has 6 aromatic carbocycles. The molecule has 2 saturated carbocycles. The fourth-order valence-electron chi connectivity index (χ4n) is 18.1. The molecule has 0 saturated heterocycles. The van der Waals surface area contributed by atoms with Crippen LogP contribution in [-0.2, 0) is 33.2 Å². The van der Waals surface area contributed by atoms with Crippen LogP contribution in [0.3, 0.4) is 0 Å². The van der Waals surface area contributed by atoms with Gasteiger partial charge >= 0.3 is 5.97 Å². The normalized spacial score (nSPS) is 40.7. The number of benzene rings is 4. The zero-order chi connectivity index (χ0) is 31.4. The topological polar surface area (TPSA) is 26.3 Å². The van der Waals surface area contributed by atoms with Gasteiger partial charge in [-0.2, -0.15) is 0 Å². The predicted octanol–water partition coefficient (Wildman–Crippen LogP) is 8.57. The van der Waals surface area contributed by atoms with Crippen LogP contribution in [0, 0.1) is 23.7 Å². The van der Waals surface area contributed by atoms with Crippen LogP contribution in [0.1, 0.15) is 104 Å². The molecule has 18 rings (SSSR count). The summed E-state index contributed by atoms with van der Waals surface area (Å²) in [5.74, 6) is 4.76. The Morgan fingerprint density at radius 3 is 2.58 bits per heavy atom. The second kappa shape index (κ2) is 6.12. The van der Waals surface area contributed by atoms with Crippen LogP contribution in [0.4, 0.5) is 0 Å². The lowest BCUT2D eigenvalue weighted by molar-refractivity contribution is -0.144. The van der Waals surface area contributed by atoms with Gasteiger partial charge in [0.25, 0.3) is 0 Å². The third kappa shape index (κ3) is 1.64. The fourth-order valence-corrected chi connectivity index (χ4v) is 18.1. The summed E-state index contributed by atoms with van der Waals surface area (Å²) in [6.45, 7) is 0.